The molecule has 8 heteroatoms. The lowest BCUT2D eigenvalue weighted by molar-refractivity contribution is 0.0755. The minimum atomic E-state index is -0.0659. The van der Waals surface area contributed by atoms with E-state index >= 15 is 0 Å². The SMILES string of the molecule is Cc1cc(C)n(-c2ccc(=O)n(CC3CN(Cc4csc(C)n4)C3)n2)n1. The van der Waals surface area contributed by atoms with E-state index in [0.29, 0.717) is 18.3 Å². The quantitative estimate of drug-likeness (QED) is 0.687. The molecule has 26 heavy (non-hydrogen) atoms. The van der Waals surface area contributed by atoms with E-state index in [1.165, 1.54) is 0 Å². The summed E-state index contributed by atoms with van der Waals surface area (Å²) in [6.07, 6.45) is 0. The van der Waals surface area contributed by atoms with Crippen molar-refractivity contribution in [1.29, 1.82) is 0 Å². The molecule has 0 N–H and O–H groups in total. The van der Waals surface area contributed by atoms with Crippen molar-refractivity contribution in [3.8, 4) is 5.82 Å². The van der Waals surface area contributed by atoms with Crippen LogP contribution in [0, 0.1) is 26.7 Å². The number of aromatic nitrogens is 5. The predicted octanol–water partition coefficient (Wildman–Crippen LogP) is 1.94. The maximum atomic E-state index is 12.2. The van der Waals surface area contributed by atoms with Crippen molar-refractivity contribution < 1.29 is 0 Å². The van der Waals surface area contributed by atoms with E-state index in [1.807, 2.05) is 26.8 Å². The molecule has 1 aliphatic rings. The van der Waals surface area contributed by atoms with E-state index in [-0.39, 0.29) is 5.56 Å². The first-order chi connectivity index (χ1) is 12.5. The monoisotopic (exact) mass is 370 g/mol. The van der Waals surface area contributed by atoms with Gasteiger partial charge in [-0.1, -0.05) is 0 Å². The standard InChI is InChI=1S/C18H22N6OS/c1-12-6-13(2)24(20-12)17-4-5-18(25)23(21-17)9-15-7-22(8-15)10-16-11-26-14(3)19-16/h4-6,11,15H,7-10H2,1-3H3. The summed E-state index contributed by atoms with van der Waals surface area (Å²) < 4.78 is 3.35. The summed E-state index contributed by atoms with van der Waals surface area (Å²) in [5, 5.41) is 12.2. The molecule has 4 heterocycles. The Balaban J connectivity index is 1.42. The zero-order chi connectivity index (χ0) is 18.3. The Morgan fingerprint density at radius 1 is 1.19 bits per heavy atom. The Morgan fingerprint density at radius 2 is 2.00 bits per heavy atom. The first kappa shape index (κ1) is 17.1. The highest BCUT2D eigenvalue weighted by Gasteiger charge is 2.28. The highest BCUT2D eigenvalue weighted by Crippen LogP contribution is 2.20. The Kier molecular flexibility index (Phi) is 4.46. The summed E-state index contributed by atoms with van der Waals surface area (Å²) in [6, 6.07) is 5.31. The molecule has 0 aliphatic carbocycles. The predicted molar refractivity (Wildman–Crippen MR) is 101 cm³/mol. The first-order valence-electron chi connectivity index (χ1n) is 8.73. The van der Waals surface area contributed by atoms with E-state index in [1.54, 1.807) is 32.8 Å². The lowest BCUT2D eigenvalue weighted by Crippen LogP contribution is -2.49. The lowest BCUT2D eigenvalue weighted by Gasteiger charge is -2.38. The van der Waals surface area contributed by atoms with Crippen LogP contribution >= 0.6 is 11.3 Å². The Bertz CT molecular complexity index is 982. The van der Waals surface area contributed by atoms with Gasteiger partial charge in [0.1, 0.15) is 0 Å². The molecular weight excluding hydrogens is 348 g/mol. The highest BCUT2D eigenvalue weighted by molar-refractivity contribution is 7.09. The molecule has 0 radical (unpaired) electrons. The van der Waals surface area contributed by atoms with Gasteiger partial charge in [0.2, 0.25) is 0 Å². The van der Waals surface area contributed by atoms with E-state index in [0.717, 1.165) is 41.7 Å². The number of hydrogen-bond donors (Lipinski definition) is 0. The fourth-order valence-corrected chi connectivity index (χ4v) is 4.02. The Labute approximate surface area is 155 Å². The third kappa shape index (κ3) is 3.47. The molecule has 0 amide bonds. The molecule has 0 spiro atoms. The van der Waals surface area contributed by atoms with Crippen LogP contribution in [-0.2, 0) is 13.1 Å². The molecule has 1 saturated heterocycles. The molecule has 0 aromatic carbocycles. The van der Waals surface area contributed by atoms with Gasteiger partial charge in [-0.3, -0.25) is 9.69 Å². The van der Waals surface area contributed by atoms with Gasteiger partial charge in [0.25, 0.3) is 5.56 Å². The fraction of sp³-hybridized carbons (Fsp3) is 0.444. The van der Waals surface area contributed by atoms with Gasteiger partial charge in [-0.25, -0.2) is 14.3 Å². The molecule has 1 fully saturated rings. The van der Waals surface area contributed by atoms with Crippen molar-refractivity contribution in [1.82, 2.24) is 29.4 Å². The van der Waals surface area contributed by atoms with Crippen molar-refractivity contribution in [3.05, 3.63) is 56.0 Å². The topological polar surface area (TPSA) is 68.8 Å². The van der Waals surface area contributed by atoms with Crippen LogP contribution in [0.5, 0.6) is 0 Å². The maximum absolute atomic E-state index is 12.2. The van der Waals surface area contributed by atoms with E-state index in [2.05, 4.69) is 25.5 Å². The number of rotatable bonds is 5. The molecule has 3 aromatic heterocycles. The van der Waals surface area contributed by atoms with Crippen molar-refractivity contribution >= 4 is 11.3 Å². The van der Waals surface area contributed by atoms with Crippen LogP contribution in [0.15, 0.2) is 28.4 Å². The number of thiazole rings is 1. The van der Waals surface area contributed by atoms with Crippen LogP contribution < -0.4 is 5.56 Å². The van der Waals surface area contributed by atoms with E-state index < -0.39 is 0 Å². The zero-order valence-electron chi connectivity index (χ0n) is 15.2. The van der Waals surface area contributed by atoms with Gasteiger partial charge in [0.15, 0.2) is 5.82 Å². The second kappa shape index (κ2) is 6.77. The zero-order valence-corrected chi connectivity index (χ0v) is 16.0. The smallest absolute Gasteiger partial charge is 0.266 e. The summed E-state index contributed by atoms with van der Waals surface area (Å²) in [7, 11) is 0. The van der Waals surface area contributed by atoms with Gasteiger partial charge in [-0.05, 0) is 32.9 Å². The Morgan fingerprint density at radius 3 is 2.65 bits per heavy atom. The summed E-state index contributed by atoms with van der Waals surface area (Å²) in [5.74, 6) is 1.12. The molecule has 136 valence electrons. The minimum absolute atomic E-state index is 0.0659. The third-order valence-corrected chi connectivity index (χ3v) is 5.42. The molecule has 1 aliphatic heterocycles. The van der Waals surface area contributed by atoms with Crippen LogP contribution in [-0.4, -0.2) is 42.5 Å². The second-order valence-corrected chi connectivity index (χ2v) is 8.03. The van der Waals surface area contributed by atoms with E-state index in [9.17, 15) is 4.79 Å². The summed E-state index contributed by atoms with van der Waals surface area (Å²) in [5.41, 5.74) is 3.01. The van der Waals surface area contributed by atoms with Crippen LogP contribution in [0.4, 0.5) is 0 Å². The van der Waals surface area contributed by atoms with Gasteiger partial charge in [-0.15, -0.1) is 16.4 Å². The number of likely N-dealkylation sites (tertiary alicyclic amines) is 1. The van der Waals surface area contributed by atoms with Crippen molar-refractivity contribution in [2.45, 2.75) is 33.9 Å². The molecule has 0 bridgehead atoms. The normalized spacial score (nSPS) is 15.3. The highest BCUT2D eigenvalue weighted by atomic mass is 32.1. The average molecular weight is 370 g/mol. The Hall–Kier alpha value is -2.32. The summed E-state index contributed by atoms with van der Waals surface area (Å²) in [4.78, 5) is 19.1. The largest absolute Gasteiger partial charge is 0.297 e. The van der Waals surface area contributed by atoms with Gasteiger partial charge in [0.05, 0.1) is 22.9 Å². The molecule has 4 rings (SSSR count). The molecule has 0 unspecified atom stereocenters. The third-order valence-electron chi connectivity index (χ3n) is 4.60. The van der Waals surface area contributed by atoms with Crippen LogP contribution in [0.3, 0.4) is 0 Å². The second-order valence-electron chi connectivity index (χ2n) is 6.97. The van der Waals surface area contributed by atoms with Gasteiger partial charge in [-0.2, -0.15) is 5.10 Å². The van der Waals surface area contributed by atoms with Crippen LogP contribution in [0.2, 0.25) is 0 Å². The molecular formula is C18H22N6OS. The average Bonchev–Trinajstić information content (AvgIpc) is 3.12. The molecule has 0 atom stereocenters. The van der Waals surface area contributed by atoms with Gasteiger partial charge >= 0.3 is 0 Å². The van der Waals surface area contributed by atoms with Crippen molar-refractivity contribution in [3.63, 3.8) is 0 Å². The fourth-order valence-electron chi connectivity index (χ4n) is 3.42. The number of aryl methyl sites for hydroxylation is 3. The van der Waals surface area contributed by atoms with Gasteiger partial charge in [0, 0.05) is 42.7 Å². The first-order valence-corrected chi connectivity index (χ1v) is 9.61. The summed E-state index contributed by atoms with van der Waals surface area (Å²) in [6.45, 7) is 9.42. The van der Waals surface area contributed by atoms with Crippen LogP contribution in [0.1, 0.15) is 22.1 Å². The number of hydrogen-bond acceptors (Lipinski definition) is 6. The maximum Gasteiger partial charge on any atom is 0.266 e. The lowest BCUT2D eigenvalue weighted by atomic mass is 10.00. The molecule has 0 saturated carbocycles. The number of nitrogens with zero attached hydrogens (tertiary/aromatic N) is 6. The van der Waals surface area contributed by atoms with Crippen LogP contribution in [0.25, 0.3) is 5.82 Å². The van der Waals surface area contributed by atoms with E-state index in [4.69, 9.17) is 0 Å². The summed E-state index contributed by atoms with van der Waals surface area (Å²) >= 11 is 1.69. The van der Waals surface area contributed by atoms with Crippen molar-refractivity contribution in [2.24, 2.45) is 5.92 Å². The minimum Gasteiger partial charge on any atom is -0.297 e. The van der Waals surface area contributed by atoms with Gasteiger partial charge < -0.3 is 0 Å². The molecule has 7 nitrogen and oxygen atoms in total. The van der Waals surface area contributed by atoms with Crippen molar-refractivity contribution in [2.75, 3.05) is 13.1 Å². The molecule has 3 aromatic rings.